The summed E-state index contributed by atoms with van der Waals surface area (Å²) in [5, 5.41) is 3.20. The molecule has 0 unspecified atom stereocenters. The van der Waals surface area contributed by atoms with Crippen LogP contribution in [0, 0.1) is 13.8 Å². The molecule has 29 heavy (non-hydrogen) atoms. The number of ether oxygens (including phenoxy) is 1. The molecule has 2 aromatic carbocycles. The molecule has 3 aromatic rings. The summed E-state index contributed by atoms with van der Waals surface area (Å²) in [5.74, 6) is 1.06. The highest BCUT2D eigenvalue weighted by atomic mass is 16.5. The Kier molecular flexibility index (Phi) is 6.44. The van der Waals surface area contributed by atoms with Gasteiger partial charge in [-0.1, -0.05) is 30.3 Å². The van der Waals surface area contributed by atoms with Crippen molar-refractivity contribution >= 4 is 17.5 Å². The lowest BCUT2D eigenvalue weighted by Crippen LogP contribution is -2.31. The number of aromatic nitrogens is 2. The number of para-hydroxylation sites is 1. The van der Waals surface area contributed by atoms with Crippen molar-refractivity contribution in [1.29, 1.82) is 0 Å². The van der Waals surface area contributed by atoms with E-state index in [2.05, 4.69) is 15.3 Å². The summed E-state index contributed by atoms with van der Waals surface area (Å²) in [6.07, 6.45) is 0. The van der Waals surface area contributed by atoms with Crippen LogP contribution in [-0.2, 0) is 6.54 Å². The fourth-order valence-electron chi connectivity index (χ4n) is 3.16. The average molecular weight is 390 g/mol. The number of hydrogen-bond acceptors (Lipinski definition) is 5. The molecule has 0 fully saturated rings. The zero-order chi connectivity index (χ0) is 20.8. The van der Waals surface area contributed by atoms with Crippen LogP contribution in [-0.4, -0.2) is 29.5 Å². The number of carbonyl (C=O) groups is 1. The van der Waals surface area contributed by atoms with E-state index in [-0.39, 0.29) is 5.91 Å². The van der Waals surface area contributed by atoms with Gasteiger partial charge in [0.2, 0.25) is 5.95 Å². The van der Waals surface area contributed by atoms with Gasteiger partial charge in [-0.15, -0.1) is 0 Å². The van der Waals surface area contributed by atoms with E-state index in [0.717, 1.165) is 28.3 Å². The summed E-state index contributed by atoms with van der Waals surface area (Å²) in [6.45, 7) is 6.87. The van der Waals surface area contributed by atoms with Crippen molar-refractivity contribution in [2.45, 2.75) is 27.3 Å². The van der Waals surface area contributed by atoms with Gasteiger partial charge in [0.05, 0.1) is 7.11 Å². The van der Waals surface area contributed by atoms with Gasteiger partial charge in [0.25, 0.3) is 5.91 Å². The molecule has 0 atom stereocenters. The molecule has 0 aliphatic heterocycles. The number of methoxy groups -OCH3 is 1. The molecule has 0 saturated carbocycles. The number of aryl methyl sites for hydroxylation is 2. The van der Waals surface area contributed by atoms with Crippen LogP contribution in [0.2, 0.25) is 0 Å². The number of rotatable bonds is 7. The predicted octanol–water partition coefficient (Wildman–Crippen LogP) is 4.38. The Bertz CT molecular complexity index is 1000. The zero-order valence-electron chi connectivity index (χ0n) is 17.3. The van der Waals surface area contributed by atoms with Gasteiger partial charge in [-0.25, -0.2) is 9.97 Å². The first kappa shape index (κ1) is 20.3. The van der Waals surface area contributed by atoms with Gasteiger partial charge in [-0.05, 0) is 50.6 Å². The molecule has 3 rings (SSSR count). The van der Waals surface area contributed by atoms with Gasteiger partial charge >= 0.3 is 0 Å². The molecule has 0 aliphatic carbocycles. The Morgan fingerprint density at radius 2 is 1.86 bits per heavy atom. The third-order valence-electron chi connectivity index (χ3n) is 4.58. The lowest BCUT2D eigenvalue weighted by Gasteiger charge is -2.21. The fourth-order valence-corrected chi connectivity index (χ4v) is 3.16. The molecule has 6 nitrogen and oxygen atoms in total. The maximum Gasteiger partial charge on any atom is 0.277 e. The SMILES string of the molecule is CCN(C(=O)c1cc(C)nc(NCc2ccccc2OC)n1)c1cccc(C)c1. The number of benzene rings is 2. The minimum Gasteiger partial charge on any atom is -0.496 e. The molecule has 1 N–H and O–H groups in total. The van der Waals surface area contributed by atoms with Crippen molar-refractivity contribution in [3.8, 4) is 5.75 Å². The molecule has 0 bridgehead atoms. The number of nitrogens with zero attached hydrogens (tertiary/aromatic N) is 3. The Labute approximate surface area is 171 Å². The van der Waals surface area contributed by atoms with Crippen LogP contribution < -0.4 is 15.0 Å². The van der Waals surface area contributed by atoms with E-state index in [1.54, 1.807) is 18.1 Å². The first-order chi connectivity index (χ1) is 14.0. The molecule has 0 radical (unpaired) electrons. The van der Waals surface area contributed by atoms with E-state index < -0.39 is 0 Å². The van der Waals surface area contributed by atoms with E-state index in [1.165, 1.54) is 0 Å². The third-order valence-corrected chi connectivity index (χ3v) is 4.58. The maximum atomic E-state index is 13.2. The lowest BCUT2D eigenvalue weighted by atomic mass is 10.2. The predicted molar refractivity (Wildman–Crippen MR) is 116 cm³/mol. The monoisotopic (exact) mass is 390 g/mol. The number of amides is 1. The maximum absolute atomic E-state index is 13.2. The van der Waals surface area contributed by atoms with E-state index in [9.17, 15) is 4.79 Å². The Hall–Kier alpha value is -3.41. The van der Waals surface area contributed by atoms with Gasteiger partial charge in [-0.3, -0.25) is 4.79 Å². The fraction of sp³-hybridized carbons (Fsp3) is 0.261. The molecule has 1 heterocycles. The van der Waals surface area contributed by atoms with Crippen LogP contribution in [0.5, 0.6) is 5.75 Å². The highest BCUT2D eigenvalue weighted by Gasteiger charge is 2.19. The van der Waals surface area contributed by atoms with Crippen molar-refractivity contribution in [2.24, 2.45) is 0 Å². The van der Waals surface area contributed by atoms with Crippen molar-refractivity contribution < 1.29 is 9.53 Å². The molecule has 1 aromatic heterocycles. The topological polar surface area (TPSA) is 67.4 Å². The summed E-state index contributed by atoms with van der Waals surface area (Å²) >= 11 is 0. The van der Waals surface area contributed by atoms with Gasteiger partial charge in [0.1, 0.15) is 11.4 Å². The average Bonchev–Trinajstić information content (AvgIpc) is 2.72. The van der Waals surface area contributed by atoms with Crippen molar-refractivity contribution in [1.82, 2.24) is 9.97 Å². The second-order valence-corrected chi connectivity index (χ2v) is 6.77. The van der Waals surface area contributed by atoms with Gasteiger partial charge in [0.15, 0.2) is 0 Å². The highest BCUT2D eigenvalue weighted by Crippen LogP contribution is 2.20. The minimum atomic E-state index is -0.149. The van der Waals surface area contributed by atoms with Crippen LogP contribution in [0.3, 0.4) is 0 Å². The molecule has 150 valence electrons. The van der Waals surface area contributed by atoms with Gasteiger partial charge < -0.3 is 15.0 Å². The lowest BCUT2D eigenvalue weighted by molar-refractivity contribution is 0.0983. The molecule has 0 aliphatic rings. The molecular formula is C23H26N4O2. The van der Waals surface area contributed by atoms with Crippen LogP contribution in [0.4, 0.5) is 11.6 Å². The van der Waals surface area contributed by atoms with E-state index >= 15 is 0 Å². The van der Waals surface area contributed by atoms with Crippen LogP contribution in [0.15, 0.2) is 54.6 Å². The van der Waals surface area contributed by atoms with Crippen molar-refractivity contribution in [3.05, 3.63) is 77.1 Å². The van der Waals surface area contributed by atoms with E-state index in [0.29, 0.717) is 24.7 Å². The van der Waals surface area contributed by atoms with E-state index in [1.807, 2.05) is 69.3 Å². The molecular weight excluding hydrogens is 364 g/mol. The summed E-state index contributed by atoms with van der Waals surface area (Å²) in [4.78, 5) is 23.8. The highest BCUT2D eigenvalue weighted by molar-refractivity contribution is 6.05. The van der Waals surface area contributed by atoms with Crippen LogP contribution >= 0.6 is 0 Å². The quantitative estimate of drug-likeness (QED) is 0.648. The normalized spacial score (nSPS) is 10.5. The largest absolute Gasteiger partial charge is 0.496 e. The zero-order valence-corrected chi connectivity index (χ0v) is 17.3. The minimum absolute atomic E-state index is 0.149. The summed E-state index contributed by atoms with van der Waals surface area (Å²) in [6, 6.07) is 17.4. The van der Waals surface area contributed by atoms with Crippen molar-refractivity contribution in [3.63, 3.8) is 0 Å². The number of nitrogens with one attached hydrogen (secondary N) is 1. The smallest absolute Gasteiger partial charge is 0.277 e. The van der Waals surface area contributed by atoms with E-state index in [4.69, 9.17) is 4.74 Å². The second-order valence-electron chi connectivity index (χ2n) is 6.77. The van der Waals surface area contributed by atoms with Crippen LogP contribution in [0.25, 0.3) is 0 Å². The first-order valence-corrected chi connectivity index (χ1v) is 9.61. The second kappa shape index (κ2) is 9.19. The molecule has 0 spiro atoms. The number of anilines is 2. The summed E-state index contributed by atoms with van der Waals surface area (Å²) < 4.78 is 5.38. The summed E-state index contributed by atoms with van der Waals surface area (Å²) in [7, 11) is 1.64. The molecule has 0 saturated heterocycles. The Balaban J connectivity index is 1.83. The third kappa shape index (κ3) is 4.90. The van der Waals surface area contributed by atoms with Crippen molar-refractivity contribution in [2.75, 3.05) is 23.9 Å². The standard InChI is InChI=1S/C23H26N4O2/c1-5-27(19-11-8-9-16(2)13-19)22(28)20-14-17(3)25-23(26-20)24-15-18-10-6-7-12-21(18)29-4/h6-14H,5,15H2,1-4H3,(H,24,25,26). The Morgan fingerprint density at radius 3 is 2.59 bits per heavy atom. The molecule has 6 heteroatoms. The number of hydrogen-bond donors (Lipinski definition) is 1. The number of carbonyl (C=O) groups excluding carboxylic acids is 1. The summed E-state index contributed by atoms with van der Waals surface area (Å²) in [5.41, 5.74) is 4.04. The van der Waals surface area contributed by atoms with Crippen LogP contribution in [0.1, 0.15) is 34.2 Å². The van der Waals surface area contributed by atoms with Gasteiger partial charge in [-0.2, -0.15) is 0 Å². The van der Waals surface area contributed by atoms with Gasteiger partial charge in [0, 0.05) is 30.0 Å². The molecule has 1 amide bonds. The first-order valence-electron chi connectivity index (χ1n) is 9.61. The Morgan fingerprint density at radius 1 is 1.07 bits per heavy atom.